The molecule has 0 bridgehead atoms. The van der Waals surface area contributed by atoms with Crippen LogP contribution in [-0.2, 0) is 42.8 Å². The van der Waals surface area contributed by atoms with E-state index in [1.807, 2.05) is 0 Å². The van der Waals surface area contributed by atoms with Crippen molar-refractivity contribution in [3.63, 3.8) is 0 Å². The molecule has 0 aromatic rings. The standard InChI is InChI=1S/C28H53N7O13/c1-12(36)34-4-6-43-7-5-35-19(38)2-3-20(39)44-11-18-22(40)21(33)23(41)28(46-18)48-26-14(31)8-13(30)25(24(26)42)47-27-15(32)9-16(37)17(10-29)45-27/h13-18,21-28,37,40-42H,2-11,29-33H2,1H3,(H,34,36)(H,35,38)/t13-,14+,15+,16-,17+,18+,21-,22+,23+,24-,25+,26-,27+,28+/m0/s1. The molecule has 2 amide bonds. The van der Waals surface area contributed by atoms with Gasteiger partial charge in [0.1, 0.15) is 43.2 Å². The molecule has 278 valence electrons. The number of ether oxygens (including phenoxy) is 6. The quantitative estimate of drug-likeness (QED) is 0.0528. The van der Waals surface area contributed by atoms with Crippen LogP contribution in [0, 0.1) is 0 Å². The summed E-state index contributed by atoms with van der Waals surface area (Å²) in [5, 5.41) is 47.9. The van der Waals surface area contributed by atoms with E-state index in [4.69, 9.17) is 57.1 Å². The third-order valence-electron chi connectivity index (χ3n) is 8.39. The first-order valence-corrected chi connectivity index (χ1v) is 16.0. The van der Waals surface area contributed by atoms with E-state index in [2.05, 4.69) is 10.6 Å². The number of rotatable bonds is 16. The van der Waals surface area contributed by atoms with E-state index in [1.165, 1.54) is 6.92 Å². The highest BCUT2D eigenvalue weighted by Crippen LogP contribution is 2.31. The summed E-state index contributed by atoms with van der Waals surface area (Å²) in [6.45, 7) is 1.98. The zero-order valence-electron chi connectivity index (χ0n) is 27.0. The lowest BCUT2D eigenvalue weighted by Crippen LogP contribution is -2.68. The zero-order chi connectivity index (χ0) is 35.5. The highest BCUT2D eigenvalue weighted by Gasteiger charge is 2.50. The summed E-state index contributed by atoms with van der Waals surface area (Å²) in [6, 6.07) is -3.64. The van der Waals surface area contributed by atoms with Gasteiger partial charge in [-0.3, -0.25) is 14.4 Å². The molecule has 0 aromatic heterocycles. The Morgan fingerprint density at radius 1 is 0.771 bits per heavy atom. The molecule has 0 aromatic carbocycles. The molecule has 3 fully saturated rings. The minimum atomic E-state index is -1.57. The van der Waals surface area contributed by atoms with Crippen LogP contribution in [0.1, 0.15) is 32.6 Å². The number of hydrogen-bond acceptors (Lipinski definition) is 18. The fourth-order valence-electron chi connectivity index (χ4n) is 5.63. The summed E-state index contributed by atoms with van der Waals surface area (Å²) in [5.74, 6) is -1.34. The smallest absolute Gasteiger partial charge is 0.306 e. The molecule has 20 heteroatoms. The van der Waals surface area contributed by atoms with Crippen molar-refractivity contribution in [2.45, 2.75) is 118 Å². The molecule has 48 heavy (non-hydrogen) atoms. The molecule has 1 aliphatic carbocycles. The maximum atomic E-state index is 12.3. The van der Waals surface area contributed by atoms with Crippen LogP contribution < -0.4 is 39.3 Å². The molecule has 2 heterocycles. The van der Waals surface area contributed by atoms with Crippen molar-refractivity contribution in [1.29, 1.82) is 0 Å². The number of hydrogen-bond donors (Lipinski definition) is 11. The molecule has 3 rings (SSSR count). The topological polar surface area (TPSA) is 342 Å². The van der Waals surface area contributed by atoms with E-state index in [0.29, 0.717) is 6.54 Å². The molecular weight excluding hydrogens is 642 g/mol. The molecule has 20 nitrogen and oxygen atoms in total. The third-order valence-corrected chi connectivity index (χ3v) is 8.39. The van der Waals surface area contributed by atoms with Crippen molar-refractivity contribution in [3.05, 3.63) is 0 Å². The Morgan fingerprint density at radius 3 is 2.00 bits per heavy atom. The molecule has 14 atom stereocenters. The molecule has 16 N–H and O–H groups in total. The van der Waals surface area contributed by atoms with E-state index < -0.39 is 104 Å². The van der Waals surface area contributed by atoms with Gasteiger partial charge in [-0.05, 0) is 12.8 Å². The van der Waals surface area contributed by atoms with Gasteiger partial charge >= 0.3 is 5.97 Å². The SMILES string of the molecule is CC(=O)NCCOCCNC(=O)CCC(=O)OC[C@H]1O[C@H](O[C@@H]2[C@@H](O)[C@H](O[C@H]3O[C@H](CN)[C@@H](O)C[C@H]3N)[C@@H](N)C[C@H]2N)[C@H](O)[C@@H](N)[C@@H]1O. The lowest BCUT2D eigenvalue weighted by molar-refractivity contribution is -0.315. The maximum Gasteiger partial charge on any atom is 0.306 e. The van der Waals surface area contributed by atoms with Gasteiger partial charge in [-0.15, -0.1) is 0 Å². The van der Waals surface area contributed by atoms with Gasteiger partial charge in [0.05, 0.1) is 43.9 Å². The number of nitrogens with two attached hydrogens (primary N) is 5. The molecule has 0 spiro atoms. The molecule has 1 saturated carbocycles. The number of carbonyl (C=O) groups is 3. The Hall–Kier alpha value is -2.15. The minimum absolute atomic E-state index is 0.0120. The summed E-state index contributed by atoms with van der Waals surface area (Å²) >= 11 is 0. The van der Waals surface area contributed by atoms with E-state index in [9.17, 15) is 34.8 Å². The zero-order valence-corrected chi connectivity index (χ0v) is 27.0. The summed E-state index contributed by atoms with van der Waals surface area (Å²) in [6.07, 6.45) is -12.4. The third kappa shape index (κ3) is 11.5. The van der Waals surface area contributed by atoms with Gasteiger partial charge in [0, 0.05) is 45.1 Å². The lowest BCUT2D eigenvalue weighted by atomic mass is 9.84. The molecule has 3 aliphatic rings. The molecule has 0 unspecified atom stereocenters. The van der Waals surface area contributed by atoms with Crippen molar-refractivity contribution in [2.75, 3.05) is 39.5 Å². The highest BCUT2D eigenvalue weighted by molar-refractivity contribution is 5.81. The maximum absolute atomic E-state index is 12.3. The van der Waals surface area contributed by atoms with Gasteiger partial charge in [-0.25, -0.2) is 0 Å². The average molecular weight is 696 g/mol. The summed E-state index contributed by atoms with van der Waals surface area (Å²) in [7, 11) is 0. The van der Waals surface area contributed by atoms with Crippen LogP contribution in [0.25, 0.3) is 0 Å². The van der Waals surface area contributed by atoms with Crippen LogP contribution in [-0.4, -0.2) is 163 Å². The fourth-order valence-corrected chi connectivity index (χ4v) is 5.63. The Kier molecular flexibility index (Phi) is 16.2. The second-order valence-electron chi connectivity index (χ2n) is 12.2. The number of esters is 1. The predicted octanol–water partition coefficient (Wildman–Crippen LogP) is -6.70. The summed E-state index contributed by atoms with van der Waals surface area (Å²) in [5.41, 5.74) is 30.3. The Labute approximate surface area is 278 Å². The van der Waals surface area contributed by atoms with Crippen LogP contribution in [0.15, 0.2) is 0 Å². The average Bonchev–Trinajstić information content (AvgIpc) is 3.03. The van der Waals surface area contributed by atoms with E-state index in [1.54, 1.807) is 0 Å². The first-order chi connectivity index (χ1) is 22.7. The predicted molar refractivity (Wildman–Crippen MR) is 164 cm³/mol. The first kappa shape index (κ1) is 40.3. The number of carbonyl (C=O) groups excluding carboxylic acids is 3. The first-order valence-electron chi connectivity index (χ1n) is 16.0. The number of aliphatic hydroxyl groups excluding tert-OH is 4. The van der Waals surface area contributed by atoms with Crippen molar-refractivity contribution in [1.82, 2.24) is 10.6 Å². The summed E-state index contributed by atoms with van der Waals surface area (Å²) < 4.78 is 33.7. The van der Waals surface area contributed by atoms with Gasteiger partial charge < -0.3 is 88.1 Å². The van der Waals surface area contributed by atoms with Crippen LogP contribution in [0.2, 0.25) is 0 Å². The van der Waals surface area contributed by atoms with Crippen LogP contribution in [0.3, 0.4) is 0 Å². The largest absolute Gasteiger partial charge is 0.463 e. The van der Waals surface area contributed by atoms with Gasteiger partial charge in [0.15, 0.2) is 12.6 Å². The molecule has 0 radical (unpaired) electrons. The second-order valence-corrected chi connectivity index (χ2v) is 12.2. The number of amides is 2. The monoisotopic (exact) mass is 695 g/mol. The van der Waals surface area contributed by atoms with E-state index in [0.717, 1.165) is 0 Å². The highest BCUT2D eigenvalue weighted by atomic mass is 16.7. The number of aliphatic hydroxyl groups is 4. The van der Waals surface area contributed by atoms with Crippen LogP contribution >= 0.6 is 0 Å². The van der Waals surface area contributed by atoms with Crippen molar-refractivity contribution < 1.29 is 63.2 Å². The van der Waals surface area contributed by atoms with Crippen molar-refractivity contribution in [3.8, 4) is 0 Å². The normalized spacial score (nSPS) is 38.6. The molecule has 2 saturated heterocycles. The Balaban J connectivity index is 1.48. The minimum Gasteiger partial charge on any atom is -0.463 e. The molecular formula is C28H53N7O13. The lowest BCUT2D eigenvalue weighted by Gasteiger charge is -2.47. The molecule has 2 aliphatic heterocycles. The van der Waals surface area contributed by atoms with Gasteiger partial charge in [0.25, 0.3) is 0 Å². The van der Waals surface area contributed by atoms with Crippen molar-refractivity contribution in [2.24, 2.45) is 28.7 Å². The van der Waals surface area contributed by atoms with Crippen molar-refractivity contribution >= 4 is 17.8 Å². The fraction of sp³-hybridized carbons (Fsp3) is 0.893. The number of nitrogens with one attached hydrogen (secondary N) is 2. The van der Waals surface area contributed by atoms with Gasteiger partial charge in [-0.2, -0.15) is 0 Å². The Morgan fingerprint density at radius 2 is 1.38 bits per heavy atom. The van der Waals surface area contributed by atoms with E-state index >= 15 is 0 Å². The second kappa shape index (κ2) is 19.3. The van der Waals surface area contributed by atoms with E-state index in [-0.39, 0.29) is 57.9 Å². The van der Waals surface area contributed by atoms with Gasteiger partial charge in [-0.1, -0.05) is 0 Å². The summed E-state index contributed by atoms with van der Waals surface area (Å²) in [4.78, 5) is 35.1. The van der Waals surface area contributed by atoms with Crippen LogP contribution in [0.5, 0.6) is 0 Å². The van der Waals surface area contributed by atoms with Crippen LogP contribution in [0.4, 0.5) is 0 Å². The Bertz CT molecular complexity index is 1030. The van der Waals surface area contributed by atoms with Gasteiger partial charge in [0.2, 0.25) is 11.8 Å².